The minimum Gasteiger partial charge on any atom is -0.347 e. The summed E-state index contributed by atoms with van der Waals surface area (Å²) in [5, 5.41) is 4.99. The van der Waals surface area contributed by atoms with E-state index < -0.39 is 10.0 Å². The molecule has 2 N–H and O–H groups in total. The van der Waals surface area contributed by atoms with Crippen molar-refractivity contribution in [3.8, 4) is 0 Å². The van der Waals surface area contributed by atoms with Gasteiger partial charge in [-0.25, -0.2) is 13.4 Å². The first-order valence-electron chi connectivity index (χ1n) is 7.91. The van der Waals surface area contributed by atoms with E-state index >= 15 is 0 Å². The van der Waals surface area contributed by atoms with Crippen molar-refractivity contribution in [3.05, 3.63) is 75.8 Å². The molecule has 27 heavy (non-hydrogen) atoms. The molecule has 0 fully saturated rings. The molecule has 140 valence electrons. The standard InChI is InChI=1S/C18H16ClN3O3S2/c1-12-2-8-15(9-3-12)27(24,25)22-18-21-16(11-26-18)17(23)20-10-13-4-6-14(19)7-5-13/h2-9,11H,10H2,1H3,(H,20,23)(H,21,22). The third-order valence-corrected chi connectivity index (χ3v) is 6.15. The van der Waals surface area contributed by atoms with Gasteiger partial charge in [0.05, 0.1) is 4.90 Å². The summed E-state index contributed by atoms with van der Waals surface area (Å²) in [6.07, 6.45) is 0. The molecule has 0 atom stereocenters. The Morgan fingerprint density at radius 2 is 1.78 bits per heavy atom. The van der Waals surface area contributed by atoms with E-state index in [1.807, 2.05) is 19.1 Å². The number of carbonyl (C=O) groups excluding carboxylic acids is 1. The summed E-state index contributed by atoms with van der Waals surface area (Å²) in [4.78, 5) is 16.4. The molecule has 0 radical (unpaired) electrons. The van der Waals surface area contributed by atoms with E-state index in [9.17, 15) is 13.2 Å². The van der Waals surface area contributed by atoms with E-state index in [2.05, 4.69) is 15.0 Å². The van der Waals surface area contributed by atoms with Gasteiger partial charge in [0, 0.05) is 16.9 Å². The van der Waals surface area contributed by atoms with E-state index in [0.717, 1.165) is 22.5 Å². The third kappa shape index (κ3) is 5.06. The second kappa shape index (κ2) is 8.08. The number of aryl methyl sites for hydroxylation is 1. The highest BCUT2D eigenvalue weighted by atomic mass is 35.5. The van der Waals surface area contributed by atoms with Gasteiger partial charge >= 0.3 is 0 Å². The van der Waals surface area contributed by atoms with Gasteiger partial charge in [0.15, 0.2) is 5.13 Å². The molecule has 1 aromatic heterocycles. The van der Waals surface area contributed by atoms with Crippen LogP contribution in [0, 0.1) is 6.92 Å². The first-order chi connectivity index (χ1) is 12.8. The molecule has 0 unspecified atom stereocenters. The lowest BCUT2D eigenvalue weighted by molar-refractivity contribution is 0.0946. The number of carbonyl (C=O) groups is 1. The molecule has 3 aromatic rings. The number of thiazole rings is 1. The number of benzene rings is 2. The molecule has 1 heterocycles. The molecule has 0 aliphatic rings. The number of anilines is 1. The maximum atomic E-state index is 12.4. The zero-order valence-corrected chi connectivity index (χ0v) is 16.7. The molecule has 6 nitrogen and oxygen atoms in total. The van der Waals surface area contributed by atoms with Gasteiger partial charge in [-0.2, -0.15) is 0 Å². The Morgan fingerprint density at radius 3 is 2.44 bits per heavy atom. The summed E-state index contributed by atoms with van der Waals surface area (Å²) in [7, 11) is -3.75. The molecule has 0 saturated heterocycles. The van der Waals surface area contributed by atoms with Gasteiger partial charge in [0.2, 0.25) is 0 Å². The quantitative estimate of drug-likeness (QED) is 0.633. The summed E-state index contributed by atoms with van der Waals surface area (Å²) in [6.45, 7) is 2.19. The van der Waals surface area contributed by atoms with Crippen LogP contribution in [0.4, 0.5) is 5.13 Å². The Labute approximate surface area is 166 Å². The smallest absolute Gasteiger partial charge is 0.271 e. The van der Waals surface area contributed by atoms with Gasteiger partial charge in [-0.1, -0.05) is 41.4 Å². The fraction of sp³-hybridized carbons (Fsp3) is 0.111. The number of hydrogen-bond acceptors (Lipinski definition) is 5. The summed E-state index contributed by atoms with van der Waals surface area (Å²) in [5.41, 5.74) is 2.00. The molecule has 9 heteroatoms. The molecule has 0 spiro atoms. The number of rotatable bonds is 6. The summed E-state index contributed by atoms with van der Waals surface area (Å²) in [5.74, 6) is -0.387. The van der Waals surface area contributed by atoms with Crippen molar-refractivity contribution in [1.82, 2.24) is 10.3 Å². The molecule has 3 rings (SSSR count). The number of hydrogen-bond donors (Lipinski definition) is 2. The van der Waals surface area contributed by atoms with Crippen LogP contribution in [0.15, 0.2) is 58.8 Å². The molecule has 0 aliphatic carbocycles. The largest absolute Gasteiger partial charge is 0.347 e. The topological polar surface area (TPSA) is 88.2 Å². The lowest BCUT2D eigenvalue weighted by Gasteiger charge is -2.05. The first-order valence-corrected chi connectivity index (χ1v) is 10.7. The van der Waals surface area contributed by atoms with Crippen LogP contribution in [0.25, 0.3) is 0 Å². The van der Waals surface area contributed by atoms with Crippen molar-refractivity contribution in [1.29, 1.82) is 0 Å². The lowest BCUT2D eigenvalue weighted by Crippen LogP contribution is -2.23. The highest BCUT2D eigenvalue weighted by Crippen LogP contribution is 2.20. The van der Waals surface area contributed by atoms with Crippen molar-refractivity contribution in [3.63, 3.8) is 0 Å². The second-order valence-electron chi connectivity index (χ2n) is 5.77. The minimum absolute atomic E-state index is 0.132. The van der Waals surface area contributed by atoms with Crippen LogP contribution in [0.2, 0.25) is 5.02 Å². The van der Waals surface area contributed by atoms with Gasteiger partial charge in [-0.15, -0.1) is 11.3 Å². The van der Waals surface area contributed by atoms with Crippen molar-refractivity contribution < 1.29 is 13.2 Å². The van der Waals surface area contributed by atoms with Crippen LogP contribution in [-0.4, -0.2) is 19.3 Å². The fourth-order valence-electron chi connectivity index (χ4n) is 2.19. The van der Waals surface area contributed by atoms with Gasteiger partial charge in [-0.3, -0.25) is 9.52 Å². The molecular weight excluding hydrogens is 406 g/mol. The van der Waals surface area contributed by atoms with E-state index in [0.29, 0.717) is 11.6 Å². The normalized spacial score (nSPS) is 11.2. The zero-order valence-electron chi connectivity index (χ0n) is 14.3. The average molecular weight is 422 g/mol. The molecule has 0 saturated carbocycles. The molecular formula is C18H16ClN3O3S2. The van der Waals surface area contributed by atoms with Crippen molar-refractivity contribution in [2.24, 2.45) is 0 Å². The Bertz CT molecular complexity index is 1050. The monoisotopic (exact) mass is 421 g/mol. The van der Waals surface area contributed by atoms with Gasteiger partial charge in [0.25, 0.3) is 15.9 Å². The highest BCUT2D eigenvalue weighted by Gasteiger charge is 2.17. The van der Waals surface area contributed by atoms with Crippen molar-refractivity contribution in [2.45, 2.75) is 18.4 Å². The van der Waals surface area contributed by atoms with Crippen LogP contribution in [0.5, 0.6) is 0 Å². The van der Waals surface area contributed by atoms with Gasteiger partial charge < -0.3 is 5.32 Å². The van der Waals surface area contributed by atoms with Crippen molar-refractivity contribution >= 4 is 44.0 Å². The van der Waals surface area contributed by atoms with Crippen LogP contribution < -0.4 is 10.0 Å². The molecule has 0 aliphatic heterocycles. The molecule has 0 bridgehead atoms. The van der Waals surface area contributed by atoms with Crippen molar-refractivity contribution in [2.75, 3.05) is 4.72 Å². The summed E-state index contributed by atoms with van der Waals surface area (Å²) in [6, 6.07) is 13.6. The fourth-order valence-corrected chi connectivity index (χ4v) is 4.26. The molecule has 1 amide bonds. The Morgan fingerprint density at radius 1 is 1.11 bits per heavy atom. The second-order valence-corrected chi connectivity index (χ2v) is 8.74. The van der Waals surface area contributed by atoms with Gasteiger partial charge in [-0.05, 0) is 36.8 Å². The third-order valence-electron chi connectivity index (χ3n) is 3.66. The van der Waals surface area contributed by atoms with E-state index in [4.69, 9.17) is 11.6 Å². The number of amides is 1. The van der Waals surface area contributed by atoms with Crippen LogP contribution in [-0.2, 0) is 16.6 Å². The first kappa shape index (κ1) is 19.3. The Balaban J connectivity index is 1.64. The number of nitrogens with zero attached hydrogens (tertiary/aromatic N) is 1. The minimum atomic E-state index is -3.75. The summed E-state index contributed by atoms with van der Waals surface area (Å²) < 4.78 is 27.1. The summed E-state index contributed by atoms with van der Waals surface area (Å²) >= 11 is 6.87. The van der Waals surface area contributed by atoms with Crippen LogP contribution in [0.1, 0.15) is 21.6 Å². The number of sulfonamides is 1. The van der Waals surface area contributed by atoms with Gasteiger partial charge in [0.1, 0.15) is 5.69 Å². The molecule has 2 aromatic carbocycles. The SMILES string of the molecule is Cc1ccc(S(=O)(=O)Nc2nc(C(=O)NCc3ccc(Cl)cc3)cs2)cc1. The zero-order chi connectivity index (χ0) is 19.4. The van der Waals surface area contributed by atoms with E-state index in [1.54, 1.807) is 24.3 Å². The maximum absolute atomic E-state index is 12.4. The number of nitrogens with one attached hydrogen (secondary N) is 2. The van der Waals surface area contributed by atoms with Crippen LogP contribution in [0.3, 0.4) is 0 Å². The predicted octanol–water partition coefficient (Wildman–Crippen LogP) is 3.84. The van der Waals surface area contributed by atoms with E-state index in [1.165, 1.54) is 17.5 Å². The van der Waals surface area contributed by atoms with E-state index in [-0.39, 0.29) is 21.6 Å². The maximum Gasteiger partial charge on any atom is 0.271 e. The predicted molar refractivity (Wildman–Crippen MR) is 107 cm³/mol. The Hall–Kier alpha value is -2.42. The van der Waals surface area contributed by atoms with Crippen LogP contribution >= 0.6 is 22.9 Å². The average Bonchev–Trinajstić information content (AvgIpc) is 3.09. The Kier molecular flexibility index (Phi) is 5.79. The number of halogens is 1. The highest BCUT2D eigenvalue weighted by molar-refractivity contribution is 7.93. The lowest BCUT2D eigenvalue weighted by atomic mass is 10.2. The number of aromatic nitrogens is 1.